The van der Waals surface area contributed by atoms with Gasteiger partial charge in [0, 0.05) is 0 Å². The largest absolute Gasteiger partial charge is 0.619 e. The smallest absolute Gasteiger partial charge is 0.323 e. The Kier molecular flexibility index (Phi) is 3.22. The molecule has 0 radical (unpaired) electrons. The maximum absolute atomic E-state index is 10.8. The molecule has 6 heteroatoms. The minimum atomic E-state index is -0.578. The third-order valence-corrected chi connectivity index (χ3v) is 1.53. The molecule has 0 N–H and O–H groups in total. The molecule has 0 spiro atoms. The molecule has 0 aromatic carbocycles. The fourth-order valence-electron chi connectivity index (χ4n) is 0.925. The van der Waals surface area contributed by atoms with Crippen LogP contribution < -0.4 is 9.47 Å². The van der Waals surface area contributed by atoms with Crippen molar-refractivity contribution in [1.82, 2.24) is 0 Å². The highest BCUT2D eigenvalue weighted by Crippen LogP contribution is 2.23. The van der Waals surface area contributed by atoms with Gasteiger partial charge in [0.1, 0.15) is 0 Å². The molecular formula is C8H10N2O4. The summed E-state index contributed by atoms with van der Waals surface area (Å²) in [6.07, 6.45) is 2.84. The van der Waals surface area contributed by atoms with Gasteiger partial charge in [-0.1, -0.05) is 6.92 Å². The molecule has 0 bridgehead atoms. The standard InChI is InChI=1S/C8H10N2O4/c1-2-5-14-8-6-9(11)4-3-7(8)10(12)13/h3-4,6H,2,5H2,1H3. The molecule has 6 nitrogen and oxygen atoms in total. The summed E-state index contributed by atoms with van der Waals surface area (Å²) in [7, 11) is 0. The molecule has 0 atom stereocenters. The summed E-state index contributed by atoms with van der Waals surface area (Å²) in [4.78, 5) is 9.93. The average Bonchev–Trinajstić information content (AvgIpc) is 2.14. The SMILES string of the molecule is CCCOc1c[n+]([O-])ccc1[N+](=O)[O-]. The van der Waals surface area contributed by atoms with Crippen LogP contribution in [0.4, 0.5) is 5.69 Å². The number of ether oxygens (including phenoxy) is 1. The molecule has 0 aliphatic carbocycles. The zero-order valence-corrected chi connectivity index (χ0v) is 7.67. The maximum Gasteiger partial charge on any atom is 0.323 e. The van der Waals surface area contributed by atoms with Crippen molar-refractivity contribution in [2.75, 3.05) is 6.61 Å². The number of hydrogen-bond donors (Lipinski definition) is 0. The van der Waals surface area contributed by atoms with Gasteiger partial charge in [0.25, 0.3) is 5.75 Å². The van der Waals surface area contributed by atoms with Gasteiger partial charge in [-0.15, -0.1) is 0 Å². The lowest BCUT2D eigenvalue weighted by molar-refractivity contribution is -0.606. The monoisotopic (exact) mass is 198 g/mol. The quantitative estimate of drug-likeness (QED) is 0.313. The molecule has 1 heterocycles. The van der Waals surface area contributed by atoms with Crippen LogP contribution in [0.15, 0.2) is 18.5 Å². The zero-order chi connectivity index (χ0) is 10.6. The molecule has 14 heavy (non-hydrogen) atoms. The second-order valence-corrected chi connectivity index (χ2v) is 2.66. The molecule has 1 aromatic heterocycles. The van der Waals surface area contributed by atoms with Crippen LogP contribution in [0, 0.1) is 15.3 Å². The molecule has 0 saturated carbocycles. The molecule has 0 fully saturated rings. The minimum Gasteiger partial charge on any atom is -0.619 e. The summed E-state index contributed by atoms with van der Waals surface area (Å²) < 4.78 is 5.54. The number of aromatic nitrogens is 1. The Bertz CT molecular complexity index is 340. The van der Waals surface area contributed by atoms with Gasteiger partial charge in [-0.25, -0.2) is 0 Å². The molecular weight excluding hydrogens is 188 g/mol. The van der Waals surface area contributed by atoms with E-state index in [1.807, 2.05) is 6.92 Å². The van der Waals surface area contributed by atoms with Gasteiger partial charge in [-0.2, -0.15) is 4.73 Å². The Morgan fingerprint density at radius 1 is 1.64 bits per heavy atom. The van der Waals surface area contributed by atoms with Crippen molar-refractivity contribution in [2.24, 2.45) is 0 Å². The van der Waals surface area contributed by atoms with Crippen LogP contribution in [0.2, 0.25) is 0 Å². The molecule has 0 saturated heterocycles. The Hall–Kier alpha value is -1.85. The predicted molar refractivity (Wildman–Crippen MR) is 47.8 cm³/mol. The first kappa shape index (κ1) is 10.2. The fraction of sp³-hybridized carbons (Fsp3) is 0.375. The predicted octanol–water partition coefficient (Wildman–Crippen LogP) is 1.02. The summed E-state index contributed by atoms with van der Waals surface area (Å²) >= 11 is 0. The van der Waals surface area contributed by atoms with Gasteiger partial charge < -0.3 is 9.94 Å². The van der Waals surface area contributed by atoms with Gasteiger partial charge in [0.2, 0.25) is 6.20 Å². The highest BCUT2D eigenvalue weighted by atomic mass is 16.6. The Morgan fingerprint density at radius 3 is 2.93 bits per heavy atom. The average molecular weight is 198 g/mol. The molecule has 0 aliphatic rings. The van der Waals surface area contributed by atoms with Crippen LogP contribution >= 0.6 is 0 Å². The van der Waals surface area contributed by atoms with Crippen LogP contribution in [-0.4, -0.2) is 11.5 Å². The third-order valence-electron chi connectivity index (χ3n) is 1.53. The van der Waals surface area contributed by atoms with Gasteiger partial charge in [-0.05, 0) is 6.42 Å². The van der Waals surface area contributed by atoms with Crippen LogP contribution in [0.5, 0.6) is 5.75 Å². The van der Waals surface area contributed by atoms with Gasteiger partial charge >= 0.3 is 5.69 Å². The van der Waals surface area contributed by atoms with E-state index in [9.17, 15) is 15.3 Å². The Morgan fingerprint density at radius 2 is 2.36 bits per heavy atom. The van der Waals surface area contributed by atoms with Gasteiger partial charge in [-0.3, -0.25) is 10.1 Å². The molecule has 0 amide bonds. The number of nitrogens with zero attached hydrogens (tertiary/aromatic N) is 2. The summed E-state index contributed by atoms with van der Waals surface area (Å²) in [5, 5.41) is 21.4. The molecule has 0 unspecified atom stereocenters. The normalized spacial score (nSPS) is 9.79. The van der Waals surface area contributed by atoms with Crippen molar-refractivity contribution >= 4 is 5.69 Å². The molecule has 1 rings (SSSR count). The number of hydrogen-bond acceptors (Lipinski definition) is 4. The molecule has 0 aliphatic heterocycles. The third kappa shape index (κ3) is 2.32. The highest BCUT2D eigenvalue weighted by molar-refractivity contribution is 5.41. The second-order valence-electron chi connectivity index (χ2n) is 2.66. The van der Waals surface area contributed by atoms with E-state index in [1.54, 1.807) is 0 Å². The first-order valence-corrected chi connectivity index (χ1v) is 4.15. The number of nitro groups is 1. The Labute approximate surface area is 80.5 Å². The van der Waals surface area contributed by atoms with Gasteiger partial charge in [0.05, 0.1) is 17.6 Å². The van der Waals surface area contributed by atoms with Crippen LogP contribution in [0.1, 0.15) is 13.3 Å². The molecule has 76 valence electrons. The summed E-state index contributed by atoms with van der Waals surface area (Å²) in [5.41, 5.74) is -0.189. The minimum absolute atomic E-state index is 0.00866. The van der Waals surface area contributed by atoms with Crippen molar-refractivity contribution in [2.45, 2.75) is 13.3 Å². The van der Waals surface area contributed by atoms with E-state index in [4.69, 9.17) is 4.74 Å². The topological polar surface area (TPSA) is 79.3 Å². The van der Waals surface area contributed by atoms with Crippen molar-refractivity contribution in [3.05, 3.63) is 33.8 Å². The summed E-state index contributed by atoms with van der Waals surface area (Å²) in [6, 6.07) is 1.12. The van der Waals surface area contributed by atoms with Crippen molar-refractivity contribution in [1.29, 1.82) is 0 Å². The first-order valence-electron chi connectivity index (χ1n) is 4.15. The maximum atomic E-state index is 10.8. The first-order chi connectivity index (χ1) is 6.65. The fourth-order valence-corrected chi connectivity index (χ4v) is 0.925. The lowest BCUT2D eigenvalue weighted by Gasteiger charge is -2.03. The summed E-state index contributed by atoms with van der Waals surface area (Å²) in [6.45, 7) is 2.23. The van der Waals surface area contributed by atoms with Crippen LogP contribution in [-0.2, 0) is 0 Å². The Balaban J connectivity index is 2.97. The van der Waals surface area contributed by atoms with E-state index >= 15 is 0 Å². The van der Waals surface area contributed by atoms with Crippen molar-refractivity contribution in [3.63, 3.8) is 0 Å². The zero-order valence-electron chi connectivity index (χ0n) is 7.67. The molecule has 1 aromatic rings. The van der Waals surface area contributed by atoms with E-state index in [0.717, 1.165) is 24.9 Å². The van der Waals surface area contributed by atoms with Crippen LogP contribution in [0.25, 0.3) is 0 Å². The van der Waals surface area contributed by atoms with E-state index in [0.29, 0.717) is 11.3 Å². The van der Waals surface area contributed by atoms with Crippen molar-refractivity contribution in [3.8, 4) is 5.75 Å². The van der Waals surface area contributed by atoms with E-state index in [2.05, 4.69) is 0 Å². The lowest BCUT2D eigenvalue weighted by Crippen LogP contribution is -2.24. The second kappa shape index (κ2) is 4.40. The van der Waals surface area contributed by atoms with Crippen molar-refractivity contribution < 1.29 is 14.4 Å². The van der Waals surface area contributed by atoms with Gasteiger partial charge in [0.15, 0.2) is 6.20 Å². The highest BCUT2D eigenvalue weighted by Gasteiger charge is 2.17. The van der Waals surface area contributed by atoms with E-state index in [-0.39, 0.29) is 11.4 Å². The summed E-state index contributed by atoms with van der Waals surface area (Å²) in [5.74, 6) is 0.00866. The van der Waals surface area contributed by atoms with E-state index in [1.165, 1.54) is 0 Å². The lowest BCUT2D eigenvalue weighted by atomic mass is 10.4. The number of rotatable bonds is 4. The van der Waals surface area contributed by atoms with E-state index < -0.39 is 4.92 Å². The van der Waals surface area contributed by atoms with Crippen LogP contribution in [0.3, 0.4) is 0 Å². The number of pyridine rings is 1.